The van der Waals surface area contributed by atoms with Crippen LogP contribution >= 0.6 is 0 Å². The second-order valence-corrected chi connectivity index (χ2v) is 7.43. The molecule has 9 heteroatoms. The van der Waals surface area contributed by atoms with Gasteiger partial charge < -0.3 is 24.8 Å². The van der Waals surface area contributed by atoms with Crippen molar-refractivity contribution < 1.29 is 19.0 Å². The van der Waals surface area contributed by atoms with Gasteiger partial charge in [-0.2, -0.15) is 0 Å². The number of ether oxygens (including phenoxy) is 3. The average molecular weight is 435 g/mol. The molecule has 1 fully saturated rings. The summed E-state index contributed by atoms with van der Waals surface area (Å²) in [7, 11) is 1.58. The first-order chi connectivity index (χ1) is 15.5. The molecule has 1 unspecified atom stereocenters. The van der Waals surface area contributed by atoms with Gasteiger partial charge in [0.2, 0.25) is 0 Å². The zero-order chi connectivity index (χ0) is 22.5. The highest BCUT2D eigenvalue weighted by atomic mass is 16.5. The number of morpholine rings is 1. The van der Waals surface area contributed by atoms with Gasteiger partial charge in [-0.3, -0.25) is 4.79 Å². The van der Waals surface area contributed by atoms with E-state index in [0.717, 1.165) is 16.7 Å². The van der Waals surface area contributed by atoms with E-state index >= 15 is 0 Å². The summed E-state index contributed by atoms with van der Waals surface area (Å²) in [5.74, 6) is 1.40. The minimum Gasteiger partial charge on any atom is -0.493 e. The predicted molar refractivity (Wildman–Crippen MR) is 118 cm³/mol. The van der Waals surface area contributed by atoms with Gasteiger partial charge in [-0.1, -0.05) is 6.07 Å². The smallest absolute Gasteiger partial charge is 0.260 e. The van der Waals surface area contributed by atoms with Gasteiger partial charge in [0.25, 0.3) is 5.91 Å². The zero-order valence-electron chi connectivity index (χ0n) is 18.0. The number of amides is 1. The quantitative estimate of drug-likeness (QED) is 0.628. The van der Waals surface area contributed by atoms with Gasteiger partial charge in [-0.05, 0) is 42.3 Å². The minimum atomic E-state index is -0.394. The Kier molecular flexibility index (Phi) is 6.46. The average Bonchev–Trinajstić information content (AvgIpc) is 2.83. The summed E-state index contributed by atoms with van der Waals surface area (Å²) in [4.78, 5) is 27.2. The summed E-state index contributed by atoms with van der Waals surface area (Å²) < 4.78 is 17.0. The molecule has 2 aromatic heterocycles. The van der Waals surface area contributed by atoms with Crippen LogP contribution in [-0.2, 0) is 9.53 Å². The molecule has 0 saturated carbocycles. The SMILES string of the molecule is COc1cc(C)ccc1OCC(=O)N1CCOC(c2ncncc2-c2ccnc(N)c2)C1. The maximum atomic E-state index is 12.9. The first kappa shape index (κ1) is 21.5. The number of nitrogens with zero attached hydrogens (tertiary/aromatic N) is 4. The number of nitrogen functional groups attached to an aromatic ring is 1. The Morgan fingerprint density at radius 3 is 2.94 bits per heavy atom. The summed E-state index contributed by atoms with van der Waals surface area (Å²) >= 11 is 0. The van der Waals surface area contributed by atoms with Crippen molar-refractivity contribution in [2.45, 2.75) is 13.0 Å². The summed E-state index contributed by atoms with van der Waals surface area (Å²) in [6.07, 6.45) is 4.43. The second kappa shape index (κ2) is 9.61. The van der Waals surface area contributed by atoms with Crippen molar-refractivity contribution in [1.29, 1.82) is 0 Å². The topological polar surface area (TPSA) is 113 Å². The summed E-state index contributed by atoms with van der Waals surface area (Å²) in [6, 6.07) is 9.18. The third-order valence-electron chi connectivity index (χ3n) is 5.23. The summed E-state index contributed by atoms with van der Waals surface area (Å²) in [5, 5.41) is 0. The summed E-state index contributed by atoms with van der Waals surface area (Å²) in [6.45, 7) is 3.10. The van der Waals surface area contributed by atoms with Crippen molar-refractivity contribution in [2.24, 2.45) is 0 Å². The maximum absolute atomic E-state index is 12.9. The molecule has 3 aromatic rings. The Morgan fingerprint density at radius 2 is 2.12 bits per heavy atom. The molecule has 0 radical (unpaired) electrons. The molecule has 1 aliphatic rings. The third kappa shape index (κ3) is 4.78. The monoisotopic (exact) mass is 435 g/mol. The van der Waals surface area contributed by atoms with Gasteiger partial charge in [0.15, 0.2) is 18.1 Å². The van der Waals surface area contributed by atoms with Crippen LogP contribution in [0, 0.1) is 6.92 Å². The van der Waals surface area contributed by atoms with E-state index in [1.54, 1.807) is 36.5 Å². The van der Waals surface area contributed by atoms with Crippen molar-refractivity contribution in [2.75, 3.05) is 39.1 Å². The molecule has 3 heterocycles. The molecule has 1 atom stereocenters. The Hall–Kier alpha value is -3.72. The van der Waals surface area contributed by atoms with Crippen LogP contribution < -0.4 is 15.2 Å². The van der Waals surface area contributed by atoms with Crippen LogP contribution in [0.25, 0.3) is 11.1 Å². The molecule has 1 aromatic carbocycles. The van der Waals surface area contributed by atoms with Crippen LogP contribution in [0.5, 0.6) is 11.5 Å². The Morgan fingerprint density at radius 1 is 1.25 bits per heavy atom. The van der Waals surface area contributed by atoms with Crippen LogP contribution in [0.15, 0.2) is 49.1 Å². The number of hydrogen-bond acceptors (Lipinski definition) is 8. The van der Waals surface area contributed by atoms with Crippen LogP contribution in [-0.4, -0.2) is 59.2 Å². The normalized spacial score (nSPS) is 15.9. The van der Waals surface area contributed by atoms with E-state index in [1.807, 2.05) is 25.1 Å². The van der Waals surface area contributed by atoms with Crippen LogP contribution in [0.1, 0.15) is 17.4 Å². The molecule has 0 spiro atoms. The molecule has 1 amide bonds. The molecule has 2 N–H and O–H groups in total. The lowest BCUT2D eigenvalue weighted by atomic mass is 10.0. The lowest BCUT2D eigenvalue weighted by Gasteiger charge is -2.33. The van der Waals surface area contributed by atoms with Gasteiger partial charge in [-0.25, -0.2) is 15.0 Å². The molecule has 4 rings (SSSR count). The van der Waals surface area contributed by atoms with E-state index in [-0.39, 0.29) is 12.5 Å². The van der Waals surface area contributed by atoms with Crippen molar-refractivity contribution in [3.05, 3.63) is 60.3 Å². The third-order valence-corrected chi connectivity index (χ3v) is 5.23. The first-order valence-corrected chi connectivity index (χ1v) is 10.2. The fraction of sp³-hybridized carbons (Fsp3) is 0.304. The van der Waals surface area contributed by atoms with Gasteiger partial charge in [0.1, 0.15) is 18.2 Å². The molecule has 32 heavy (non-hydrogen) atoms. The van der Waals surface area contributed by atoms with Gasteiger partial charge in [-0.15, -0.1) is 0 Å². The number of carbonyl (C=O) groups is 1. The van der Waals surface area contributed by atoms with Crippen molar-refractivity contribution in [3.8, 4) is 22.6 Å². The Bertz CT molecular complexity index is 1110. The number of rotatable bonds is 6. The number of nitrogens with two attached hydrogens (primary N) is 1. The highest BCUT2D eigenvalue weighted by molar-refractivity contribution is 5.78. The second-order valence-electron chi connectivity index (χ2n) is 7.43. The van der Waals surface area contributed by atoms with Crippen molar-refractivity contribution >= 4 is 11.7 Å². The largest absolute Gasteiger partial charge is 0.493 e. The van der Waals surface area contributed by atoms with Gasteiger partial charge in [0, 0.05) is 24.5 Å². The number of anilines is 1. The van der Waals surface area contributed by atoms with Crippen LogP contribution in [0.2, 0.25) is 0 Å². The first-order valence-electron chi connectivity index (χ1n) is 10.2. The standard InChI is InChI=1S/C23H25N5O4/c1-15-3-4-18(19(9-15)30-2)32-13-22(29)28-7-8-31-20(12-28)23-17(11-25-14-27-23)16-5-6-26-21(24)10-16/h3-6,9-11,14,20H,7-8,12-13H2,1-2H3,(H2,24,26). The number of carbonyl (C=O) groups excluding carboxylic acids is 1. The zero-order valence-corrected chi connectivity index (χ0v) is 18.0. The van der Waals surface area contributed by atoms with E-state index in [0.29, 0.717) is 42.7 Å². The number of aryl methyl sites for hydroxylation is 1. The molecular weight excluding hydrogens is 410 g/mol. The van der Waals surface area contributed by atoms with Gasteiger partial charge in [0.05, 0.1) is 26.0 Å². The number of methoxy groups -OCH3 is 1. The highest BCUT2D eigenvalue weighted by Crippen LogP contribution is 2.31. The van der Waals surface area contributed by atoms with E-state index in [4.69, 9.17) is 19.9 Å². The van der Waals surface area contributed by atoms with E-state index in [9.17, 15) is 4.79 Å². The molecule has 1 saturated heterocycles. The van der Waals surface area contributed by atoms with Crippen LogP contribution in [0.3, 0.4) is 0 Å². The van der Waals surface area contributed by atoms with Crippen molar-refractivity contribution in [3.63, 3.8) is 0 Å². The lowest BCUT2D eigenvalue weighted by Crippen LogP contribution is -2.44. The lowest BCUT2D eigenvalue weighted by molar-refractivity contribution is -0.141. The molecule has 1 aliphatic heterocycles. The van der Waals surface area contributed by atoms with Crippen LogP contribution in [0.4, 0.5) is 5.82 Å². The van der Waals surface area contributed by atoms with Gasteiger partial charge >= 0.3 is 0 Å². The Balaban J connectivity index is 1.47. The fourth-order valence-corrected chi connectivity index (χ4v) is 3.60. The number of hydrogen-bond donors (Lipinski definition) is 1. The number of aromatic nitrogens is 3. The minimum absolute atomic E-state index is 0.0936. The maximum Gasteiger partial charge on any atom is 0.260 e. The van der Waals surface area contributed by atoms with E-state index < -0.39 is 6.10 Å². The molecule has 9 nitrogen and oxygen atoms in total. The molecule has 166 valence electrons. The highest BCUT2D eigenvalue weighted by Gasteiger charge is 2.28. The Labute approximate surface area is 186 Å². The predicted octanol–water partition coefficient (Wildman–Crippen LogP) is 2.42. The van der Waals surface area contributed by atoms with E-state index in [2.05, 4.69) is 15.0 Å². The van der Waals surface area contributed by atoms with Crippen molar-refractivity contribution in [1.82, 2.24) is 19.9 Å². The molecular formula is C23H25N5O4. The van der Waals surface area contributed by atoms with E-state index in [1.165, 1.54) is 6.33 Å². The fourth-order valence-electron chi connectivity index (χ4n) is 3.60. The molecule has 0 bridgehead atoms. The number of benzene rings is 1. The number of pyridine rings is 1. The molecule has 0 aliphatic carbocycles. The summed E-state index contributed by atoms with van der Waals surface area (Å²) in [5.41, 5.74) is 9.22.